The smallest absolute Gasteiger partial charge is 0.223 e. The Morgan fingerprint density at radius 2 is 2.17 bits per heavy atom. The Balaban J connectivity index is 1.36. The van der Waals surface area contributed by atoms with Gasteiger partial charge in [0.2, 0.25) is 5.91 Å². The highest BCUT2D eigenvalue weighted by Gasteiger charge is 2.49. The van der Waals surface area contributed by atoms with Gasteiger partial charge in [0.25, 0.3) is 0 Å². The first-order valence-electron chi connectivity index (χ1n) is 8.68. The minimum Gasteiger partial charge on any atom is -0.388 e. The molecule has 2 N–H and O–H groups in total. The Morgan fingerprint density at radius 1 is 1.38 bits per heavy atom. The van der Waals surface area contributed by atoms with Crippen LogP contribution in [0.1, 0.15) is 36.6 Å². The van der Waals surface area contributed by atoms with E-state index in [1.165, 1.54) is 0 Å². The molecule has 1 amide bonds. The molecule has 4 rings (SSSR count). The largest absolute Gasteiger partial charge is 0.388 e. The van der Waals surface area contributed by atoms with Crippen LogP contribution in [-0.4, -0.2) is 27.1 Å². The van der Waals surface area contributed by atoms with Crippen molar-refractivity contribution >= 4 is 5.91 Å². The van der Waals surface area contributed by atoms with E-state index in [9.17, 15) is 9.90 Å². The first-order chi connectivity index (χ1) is 11.7. The fourth-order valence-electron chi connectivity index (χ4n) is 3.70. The van der Waals surface area contributed by atoms with Gasteiger partial charge in [-0.25, -0.2) is 4.98 Å². The van der Waals surface area contributed by atoms with Gasteiger partial charge >= 0.3 is 0 Å². The van der Waals surface area contributed by atoms with Gasteiger partial charge in [0.05, 0.1) is 12.4 Å². The van der Waals surface area contributed by atoms with Crippen LogP contribution in [0.4, 0.5) is 0 Å². The summed E-state index contributed by atoms with van der Waals surface area (Å²) in [6.45, 7) is 1.41. The van der Waals surface area contributed by atoms with E-state index >= 15 is 0 Å². The van der Waals surface area contributed by atoms with E-state index in [2.05, 4.69) is 14.9 Å². The molecule has 2 heterocycles. The van der Waals surface area contributed by atoms with E-state index in [0.717, 1.165) is 43.5 Å². The van der Waals surface area contributed by atoms with Crippen molar-refractivity contribution in [2.45, 2.75) is 38.3 Å². The molecular formula is C19H23N3O2. The zero-order valence-electron chi connectivity index (χ0n) is 13.7. The molecule has 1 fully saturated rings. The Bertz CT molecular complexity index is 721. The maximum absolute atomic E-state index is 12.5. The van der Waals surface area contributed by atoms with E-state index in [4.69, 9.17) is 0 Å². The molecule has 1 aromatic carbocycles. The normalized spacial score (nSPS) is 22.5. The zero-order valence-corrected chi connectivity index (χ0v) is 13.7. The van der Waals surface area contributed by atoms with Crippen molar-refractivity contribution in [3.63, 3.8) is 0 Å². The molecule has 0 spiro atoms. The average Bonchev–Trinajstić information content (AvgIpc) is 3.28. The van der Waals surface area contributed by atoms with Gasteiger partial charge < -0.3 is 15.0 Å². The summed E-state index contributed by atoms with van der Waals surface area (Å²) in [5.41, 5.74) is 1.88. The molecule has 2 unspecified atom stereocenters. The lowest BCUT2D eigenvalue weighted by molar-refractivity contribution is -0.126. The molecule has 24 heavy (non-hydrogen) atoms. The minimum absolute atomic E-state index is 0.0128. The molecule has 2 aromatic rings. The average molecular weight is 325 g/mol. The highest BCUT2D eigenvalue weighted by molar-refractivity contribution is 5.79. The predicted octanol–water partition coefficient (Wildman–Crippen LogP) is 2.08. The fraction of sp³-hybridized carbons (Fsp3) is 0.474. The van der Waals surface area contributed by atoms with Gasteiger partial charge in [-0.1, -0.05) is 30.3 Å². The van der Waals surface area contributed by atoms with Crippen LogP contribution < -0.4 is 5.32 Å². The molecule has 1 aromatic heterocycles. The van der Waals surface area contributed by atoms with E-state index in [-0.39, 0.29) is 17.2 Å². The number of rotatable bonds is 5. The molecule has 2 aliphatic rings. The molecule has 5 heteroatoms. The maximum Gasteiger partial charge on any atom is 0.223 e. The van der Waals surface area contributed by atoms with Crippen LogP contribution in [0.5, 0.6) is 0 Å². The van der Waals surface area contributed by atoms with Crippen LogP contribution in [0.15, 0.2) is 42.9 Å². The minimum atomic E-state index is -0.508. The third-order valence-corrected chi connectivity index (χ3v) is 5.55. The molecule has 0 saturated heterocycles. The second-order valence-electron chi connectivity index (χ2n) is 7.16. The molecular weight excluding hydrogens is 302 g/mol. The molecule has 5 nitrogen and oxygen atoms in total. The van der Waals surface area contributed by atoms with Crippen molar-refractivity contribution in [2.24, 2.45) is 11.3 Å². The van der Waals surface area contributed by atoms with E-state index in [1.54, 1.807) is 0 Å². The standard InChI is InChI=1S/C19H23N3O2/c23-17(14-4-2-1-3-5-14)19(7-8-19)12-21-18(24)15-6-9-22-13-20-11-16(22)10-15/h1-5,11,13,15,17,23H,6-10,12H2,(H,21,24). The monoisotopic (exact) mass is 325 g/mol. The highest BCUT2D eigenvalue weighted by atomic mass is 16.3. The van der Waals surface area contributed by atoms with E-state index in [0.29, 0.717) is 6.54 Å². The number of benzene rings is 1. The second kappa shape index (κ2) is 6.06. The van der Waals surface area contributed by atoms with Crippen LogP contribution >= 0.6 is 0 Å². The lowest BCUT2D eigenvalue weighted by Gasteiger charge is -2.26. The summed E-state index contributed by atoms with van der Waals surface area (Å²) in [4.78, 5) is 16.7. The van der Waals surface area contributed by atoms with Crippen molar-refractivity contribution in [1.82, 2.24) is 14.9 Å². The number of carbonyl (C=O) groups excluding carboxylic acids is 1. The number of hydrogen-bond acceptors (Lipinski definition) is 3. The Labute approximate surface area is 141 Å². The van der Waals surface area contributed by atoms with E-state index in [1.807, 2.05) is 42.9 Å². The van der Waals surface area contributed by atoms with Crippen molar-refractivity contribution < 1.29 is 9.90 Å². The van der Waals surface area contributed by atoms with Crippen LogP contribution in [0.2, 0.25) is 0 Å². The number of amides is 1. The van der Waals surface area contributed by atoms with Crippen molar-refractivity contribution in [3.8, 4) is 0 Å². The van der Waals surface area contributed by atoms with Crippen LogP contribution in [0, 0.1) is 11.3 Å². The maximum atomic E-state index is 12.5. The number of aromatic nitrogens is 2. The van der Waals surface area contributed by atoms with Gasteiger partial charge in [-0.3, -0.25) is 4.79 Å². The van der Waals surface area contributed by atoms with Gasteiger partial charge in [-0.15, -0.1) is 0 Å². The predicted molar refractivity (Wildman–Crippen MR) is 90.1 cm³/mol. The van der Waals surface area contributed by atoms with Crippen molar-refractivity contribution in [1.29, 1.82) is 0 Å². The number of aliphatic hydroxyl groups excluding tert-OH is 1. The number of carbonyl (C=O) groups is 1. The van der Waals surface area contributed by atoms with Crippen LogP contribution in [0.25, 0.3) is 0 Å². The second-order valence-corrected chi connectivity index (χ2v) is 7.16. The third-order valence-electron chi connectivity index (χ3n) is 5.55. The number of fused-ring (bicyclic) bond motifs is 1. The van der Waals surface area contributed by atoms with Gasteiger partial charge in [0, 0.05) is 42.7 Å². The molecule has 0 bridgehead atoms. The summed E-state index contributed by atoms with van der Waals surface area (Å²) in [5.74, 6) is 0.118. The molecule has 1 saturated carbocycles. The Hall–Kier alpha value is -2.14. The number of nitrogens with zero attached hydrogens (tertiary/aromatic N) is 2. The molecule has 0 radical (unpaired) electrons. The topological polar surface area (TPSA) is 67.2 Å². The van der Waals surface area contributed by atoms with E-state index < -0.39 is 6.10 Å². The number of nitrogens with one attached hydrogen (secondary N) is 1. The number of aryl methyl sites for hydroxylation is 1. The summed E-state index contributed by atoms with van der Waals surface area (Å²) in [6.07, 6.45) is 6.69. The summed E-state index contributed by atoms with van der Waals surface area (Å²) in [7, 11) is 0. The SMILES string of the molecule is O=C(NCC1(C(O)c2ccccc2)CC1)C1CCn2cncc2C1. The van der Waals surface area contributed by atoms with Gasteiger partial charge in [0.1, 0.15) is 0 Å². The Morgan fingerprint density at radius 3 is 2.92 bits per heavy atom. The fourth-order valence-corrected chi connectivity index (χ4v) is 3.70. The first kappa shape index (κ1) is 15.4. The lowest BCUT2D eigenvalue weighted by Crippen LogP contribution is -2.39. The van der Waals surface area contributed by atoms with Gasteiger partial charge in [0.15, 0.2) is 0 Å². The van der Waals surface area contributed by atoms with Gasteiger partial charge in [-0.2, -0.15) is 0 Å². The molecule has 126 valence electrons. The van der Waals surface area contributed by atoms with Crippen LogP contribution in [0.3, 0.4) is 0 Å². The molecule has 1 aliphatic heterocycles. The molecule has 2 atom stereocenters. The van der Waals surface area contributed by atoms with Gasteiger partial charge in [-0.05, 0) is 24.8 Å². The summed E-state index contributed by atoms with van der Waals surface area (Å²) >= 11 is 0. The number of aliphatic hydroxyl groups is 1. The quantitative estimate of drug-likeness (QED) is 0.884. The Kier molecular flexibility index (Phi) is 3.88. The number of hydrogen-bond donors (Lipinski definition) is 2. The lowest BCUT2D eigenvalue weighted by atomic mass is 9.91. The molecule has 1 aliphatic carbocycles. The first-order valence-corrected chi connectivity index (χ1v) is 8.68. The van der Waals surface area contributed by atoms with Crippen molar-refractivity contribution in [3.05, 3.63) is 54.1 Å². The van der Waals surface area contributed by atoms with Crippen molar-refractivity contribution in [2.75, 3.05) is 6.54 Å². The number of imidazole rings is 1. The van der Waals surface area contributed by atoms with Crippen LogP contribution in [-0.2, 0) is 17.8 Å². The summed E-state index contributed by atoms with van der Waals surface area (Å²) in [5, 5.41) is 13.8. The third kappa shape index (κ3) is 2.84. The zero-order chi connectivity index (χ0) is 16.6. The summed E-state index contributed by atoms with van der Waals surface area (Å²) < 4.78 is 2.12. The highest BCUT2D eigenvalue weighted by Crippen LogP contribution is 2.54. The summed E-state index contributed by atoms with van der Waals surface area (Å²) in [6, 6.07) is 9.74.